The Hall–Kier alpha value is -1.88. The van der Waals surface area contributed by atoms with Crippen LogP contribution in [0.3, 0.4) is 0 Å². The molecule has 0 aliphatic heterocycles. The normalized spacial score (nSPS) is 11.9. The number of hydrogen-bond acceptors (Lipinski definition) is 3. The van der Waals surface area contributed by atoms with E-state index in [-0.39, 0.29) is 0 Å². The molecular weight excluding hydrogens is 378 g/mol. The van der Waals surface area contributed by atoms with Crippen molar-refractivity contribution >= 4 is 16.6 Å². The molecule has 0 bridgehead atoms. The predicted molar refractivity (Wildman–Crippen MR) is 123 cm³/mol. The van der Waals surface area contributed by atoms with Crippen molar-refractivity contribution in [3.05, 3.63) is 54.1 Å². The lowest BCUT2D eigenvalue weighted by Crippen LogP contribution is -2.42. The second kappa shape index (κ2) is 10.1. The smallest absolute Gasteiger partial charge is 0.173 e. The number of nitriles is 1. The van der Waals surface area contributed by atoms with E-state index in [2.05, 4.69) is 50.9 Å². The van der Waals surface area contributed by atoms with Gasteiger partial charge in [-0.3, -0.25) is 0 Å². The fourth-order valence-corrected chi connectivity index (χ4v) is 11.5. The largest absolute Gasteiger partial charge is 0.494 e. The van der Waals surface area contributed by atoms with Crippen LogP contribution in [0.2, 0.25) is 38.8 Å². The Bertz CT molecular complexity index is 772. The van der Waals surface area contributed by atoms with Gasteiger partial charge in [0.2, 0.25) is 0 Å². The molecule has 0 amide bonds. The zero-order valence-electron chi connectivity index (χ0n) is 17.9. The molecule has 5 heteroatoms. The number of hydrogen-bond donors (Lipinski definition) is 0. The standard InChI is InChI=1S/C23H33NO2Si2/c1-27(2,3)26-28(4,5)18-8-6-7-17-25-23-15-13-22(14-16-23)21-11-9-20(19-24)10-12-21/h9-16H,6-8,17-18H2,1-5H3. The summed E-state index contributed by atoms with van der Waals surface area (Å²) in [5, 5.41) is 8.89. The van der Waals surface area contributed by atoms with Crippen molar-refractivity contribution in [1.29, 1.82) is 5.26 Å². The molecule has 0 aliphatic carbocycles. The minimum absolute atomic E-state index is 0.682. The molecule has 2 rings (SSSR count). The highest BCUT2D eigenvalue weighted by molar-refractivity contribution is 6.84. The summed E-state index contributed by atoms with van der Waals surface area (Å²) < 4.78 is 12.3. The molecule has 0 saturated carbocycles. The van der Waals surface area contributed by atoms with Crippen molar-refractivity contribution in [2.75, 3.05) is 6.61 Å². The van der Waals surface area contributed by atoms with Gasteiger partial charge in [-0.15, -0.1) is 0 Å². The van der Waals surface area contributed by atoms with Gasteiger partial charge in [-0.25, -0.2) is 0 Å². The van der Waals surface area contributed by atoms with Gasteiger partial charge in [-0.05, 0) is 80.6 Å². The maximum absolute atomic E-state index is 8.89. The van der Waals surface area contributed by atoms with Crippen LogP contribution in [0, 0.1) is 11.3 Å². The first-order valence-electron chi connectivity index (χ1n) is 10.1. The van der Waals surface area contributed by atoms with Gasteiger partial charge in [-0.2, -0.15) is 5.26 Å². The van der Waals surface area contributed by atoms with Crippen LogP contribution in [0.5, 0.6) is 5.75 Å². The third-order valence-electron chi connectivity index (χ3n) is 4.48. The van der Waals surface area contributed by atoms with Crippen molar-refractivity contribution in [1.82, 2.24) is 0 Å². The summed E-state index contributed by atoms with van der Waals surface area (Å²) in [4.78, 5) is 0. The molecule has 0 heterocycles. The first-order valence-corrected chi connectivity index (χ1v) is 16.6. The van der Waals surface area contributed by atoms with Crippen LogP contribution >= 0.6 is 0 Å². The lowest BCUT2D eigenvalue weighted by Gasteiger charge is -2.31. The molecule has 0 saturated heterocycles. The molecule has 0 fully saturated rings. The van der Waals surface area contributed by atoms with Gasteiger partial charge >= 0.3 is 0 Å². The van der Waals surface area contributed by atoms with Crippen LogP contribution in [-0.4, -0.2) is 23.2 Å². The van der Waals surface area contributed by atoms with Crippen LogP contribution in [0.1, 0.15) is 24.8 Å². The Kier molecular flexibility index (Phi) is 8.05. The Morgan fingerprint density at radius 3 is 1.89 bits per heavy atom. The van der Waals surface area contributed by atoms with Gasteiger partial charge in [0.25, 0.3) is 0 Å². The first kappa shape index (κ1) is 22.4. The van der Waals surface area contributed by atoms with Crippen LogP contribution in [0.15, 0.2) is 48.5 Å². The fourth-order valence-electron chi connectivity index (χ4n) is 3.38. The van der Waals surface area contributed by atoms with Crippen molar-refractivity contribution in [2.45, 2.75) is 58.0 Å². The summed E-state index contributed by atoms with van der Waals surface area (Å²) >= 11 is 0. The number of benzene rings is 2. The highest BCUT2D eigenvalue weighted by Crippen LogP contribution is 2.24. The van der Waals surface area contributed by atoms with Crippen LogP contribution in [0.4, 0.5) is 0 Å². The van der Waals surface area contributed by atoms with Gasteiger partial charge in [0.15, 0.2) is 16.6 Å². The quantitative estimate of drug-likeness (QED) is 0.318. The Morgan fingerprint density at radius 2 is 1.36 bits per heavy atom. The molecule has 0 radical (unpaired) electrons. The molecule has 0 N–H and O–H groups in total. The number of ether oxygens (including phenoxy) is 1. The number of nitrogens with zero attached hydrogens (tertiary/aromatic N) is 1. The average molecular weight is 412 g/mol. The SMILES string of the molecule is C[Si](C)(C)O[Si](C)(C)CCCCCOc1ccc(-c2ccc(C#N)cc2)cc1. The van der Waals surface area contributed by atoms with Crippen molar-refractivity contribution < 1.29 is 8.85 Å². The van der Waals surface area contributed by atoms with Crippen LogP contribution < -0.4 is 4.74 Å². The molecule has 0 aliphatic rings. The maximum Gasteiger partial charge on any atom is 0.173 e. The van der Waals surface area contributed by atoms with Gasteiger partial charge < -0.3 is 8.85 Å². The molecule has 2 aromatic carbocycles. The van der Waals surface area contributed by atoms with E-state index in [9.17, 15) is 0 Å². The lowest BCUT2D eigenvalue weighted by molar-refractivity contribution is 0.306. The molecule has 3 nitrogen and oxygen atoms in total. The number of unbranched alkanes of at least 4 members (excludes halogenated alkanes) is 2. The third kappa shape index (κ3) is 8.01. The fraction of sp³-hybridized carbons (Fsp3) is 0.435. The van der Waals surface area contributed by atoms with E-state index in [0.29, 0.717) is 5.56 Å². The van der Waals surface area contributed by atoms with Crippen LogP contribution in [-0.2, 0) is 4.12 Å². The molecule has 0 unspecified atom stereocenters. The van der Waals surface area contributed by atoms with E-state index in [1.165, 1.54) is 18.9 Å². The molecule has 0 spiro atoms. The molecule has 0 aromatic heterocycles. The van der Waals surface area contributed by atoms with Gasteiger partial charge in [0.1, 0.15) is 5.75 Å². The van der Waals surface area contributed by atoms with E-state index in [0.717, 1.165) is 29.9 Å². The summed E-state index contributed by atoms with van der Waals surface area (Å²) in [7, 11) is -2.93. The predicted octanol–water partition coefficient (Wildman–Crippen LogP) is 6.83. The monoisotopic (exact) mass is 411 g/mol. The second-order valence-electron chi connectivity index (χ2n) is 8.85. The van der Waals surface area contributed by atoms with Gasteiger partial charge in [-0.1, -0.05) is 37.1 Å². The topological polar surface area (TPSA) is 42.2 Å². The minimum atomic E-state index is -1.50. The summed E-state index contributed by atoms with van der Waals surface area (Å²) in [5.41, 5.74) is 2.92. The number of rotatable bonds is 10. The summed E-state index contributed by atoms with van der Waals surface area (Å²) in [6.07, 6.45) is 3.49. The summed E-state index contributed by atoms with van der Waals surface area (Å²) in [6.45, 7) is 12.3. The highest BCUT2D eigenvalue weighted by Gasteiger charge is 2.28. The zero-order chi connectivity index (χ0) is 20.6. The summed E-state index contributed by atoms with van der Waals surface area (Å²) in [5.74, 6) is 0.911. The zero-order valence-corrected chi connectivity index (χ0v) is 19.9. The third-order valence-corrected chi connectivity index (χ3v) is 10.7. The molecule has 28 heavy (non-hydrogen) atoms. The van der Waals surface area contributed by atoms with E-state index >= 15 is 0 Å². The maximum atomic E-state index is 8.89. The molecule has 150 valence electrons. The Morgan fingerprint density at radius 1 is 0.786 bits per heavy atom. The van der Waals surface area contributed by atoms with Gasteiger partial charge in [0.05, 0.1) is 18.2 Å². The van der Waals surface area contributed by atoms with E-state index < -0.39 is 16.6 Å². The Balaban J connectivity index is 1.70. The van der Waals surface area contributed by atoms with Crippen molar-refractivity contribution in [2.24, 2.45) is 0 Å². The average Bonchev–Trinajstić information content (AvgIpc) is 2.63. The minimum Gasteiger partial charge on any atom is -0.494 e. The van der Waals surface area contributed by atoms with Gasteiger partial charge in [0, 0.05) is 0 Å². The lowest BCUT2D eigenvalue weighted by atomic mass is 10.0. The van der Waals surface area contributed by atoms with E-state index in [1.54, 1.807) is 0 Å². The molecule has 0 atom stereocenters. The van der Waals surface area contributed by atoms with E-state index in [4.69, 9.17) is 14.1 Å². The van der Waals surface area contributed by atoms with Crippen molar-refractivity contribution in [3.63, 3.8) is 0 Å². The van der Waals surface area contributed by atoms with Crippen molar-refractivity contribution in [3.8, 4) is 22.9 Å². The molecule has 2 aromatic rings. The second-order valence-corrected chi connectivity index (χ2v) is 17.9. The van der Waals surface area contributed by atoms with Crippen LogP contribution in [0.25, 0.3) is 11.1 Å². The van der Waals surface area contributed by atoms with E-state index in [1.807, 2.05) is 36.4 Å². The molecular formula is C23H33NO2Si2. The Labute approximate surface area is 172 Å². The first-order chi connectivity index (χ1) is 13.2. The highest BCUT2D eigenvalue weighted by atomic mass is 28.4. The summed E-state index contributed by atoms with van der Waals surface area (Å²) in [6, 6.07) is 19.2.